The van der Waals surface area contributed by atoms with Crippen LogP contribution in [0.3, 0.4) is 0 Å². The molecule has 0 atom stereocenters. The number of nitrogens with one attached hydrogen (secondary N) is 2. The second kappa shape index (κ2) is 8.51. The number of rotatable bonds is 7. The van der Waals surface area contributed by atoms with Gasteiger partial charge < -0.3 is 15.4 Å². The number of hydrogen-bond donors (Lipinski definition) is 2. The van der Waals surface area contributed by atoms with Crippen molar-refractivity contribution in [2.45, 2.75) is 6.42 Å². The summed E-state index contributed by atoms with van der Waals surface area (Å²) in [6.07, 6.45) is 2.62. The zero-order valence-electron chi connectivity index (χ0n) is 12.3. The number of pyridine rings is 1. The van der Waals surface area contributed by atoms with Gasteiger partial charge in [0.25, 0.3) is 5.91 Å². The maximum atomic E-state index is 12.2. The van der Waals surface area contributed by atoms with Crippen molar-refractivity contribution in [1.29, 1.82) is 0 Å². The molecule has 0 radical (unpaired) electrons. The number of amides is 1. The Morgan fingerprint density at radius 2 is 2.09 bits per heavy atom. The lowest BCUT2D eigenvalue weighted by Gasteiger charge is -2.08. The Morgan fingerprint density at radius 1 is 1.27 bits per heavy atom. The molecular weight excluding hydrogens is 346 g/mol. The number of benzene rings is 1. The molecule has 1 aromatic heterocycles. The summed E-state index contributed by atoms with van der Waals surface area (Å²) in [7, 11) is 1.68. The number of methoxy groups -OCH3 is 1. The highest BCUT2D eigenvalue weighted by Crippen LogP contribution is 2.17. The van der Waals surface area contributed by atoms with Crippen LogP contribution in [0.1, 0.15) is 16.8 Å². The fraction of sp³-hybridized carbons (Fsp3) is 0.250. The number of nitrogens with zero attached hydrogens (tertiary/aromatic N) is 1. The fourth-order valence-corrected chi connectivity index (χ4v) is 2.32. The predicted octanol–water partition coefficient (Wildman–Crippen LogP) is 3.54. The van der Waals surface area contributed by atoms with Gasteiger partial charge in [0.15, 0.2) is 0 Å². The Morgan fingerprint density at radius 3 is 2.77 bits per heavy atom. The third-order valence-corrected chi connectivity index (χ3v) is 3.67. The minimum absolute atomic E-state index is 0.194. The van der Waals surface area contributed by atoms with Crippen LogP contribution in [0.25, 0.3) is 0 Å². The van der Waals surface area contributed by atoms with Gasteiger partial charge in [0.2, 0.25) is 0 Å². The minimum atomic E-state index is -0.194. The molecule has 1 amide bonds. The number of halogens is 1. The van der Waals surface area contributed by atoms with Crippen LogP contribution in [0.4, 0.5) is 11.5 Å². The average Bonchev–Trinajstić information content (AvgIpc) is 2.53. The second-order valence-electron chi connectivity index (χ2n) is 4.64. The third kappa shape index (κ3) is 4.82. The lowest BCUT2D eigenvalue weighted by atomic mass is 10.2. The third-order valence-electron chi connectivity index (χ3n) is 2.98. The summed E-state index contributed by atoms with van der Waals surface area (Å²) < 4.78 is 5.74. The highest BCUT2D eigenvalue weighted by molar-refractivity contribution is 9.10. The maximum Gasteiger partial charge on any atom is 0.257 e. The van der Waals surface area contributed by atoms with Gasteiger partial charge in [-0.25, -0.2) is 4.98 Å². The molecule has 2 N–H and O–H groups in total. The Kier molecular flexibility index (Phi) is 6.36. The van der Waals surface area contributed by atoms with Gasteiger partial charge in [0.05, 0.1) is 17.4 Å². The normalized spacial score (nSPS) is 10.3. The lowest BCUT2D eigenvalue weighted by Crippen LogP contribution is -2.13. The first-order valence-corrected chi connectivity index (χ1v) is 7.75. The van der Waals surface area contributed by atoms with Gasteiger partial charge in [0, 0.05) is 24.7 Å². The average molecular weight is 364 g/mol. The largest absolute Gasteiger partial charge is 0.385 e. The van der Waals surface area contributed by atoms with E-state index in [0.717, 1.165) is 29.7 Å². The molecule has 0 aliphatic carbocycles. The Hall–Kier alpha value is -1.92. The molecule has 116 valence electrons. The zero-order chi connectivity index (χ0) is 15.8. The maximum absolute atomic E-state index is 12.2. The van der Waals surface area contributed by atoms with E-state index in [2.05, 4.69) is 31.5 Å². The highest BCUT2D eigenvalue weighted by atomic mass is 79.9. The molecule has 0 bridgehead atoms. The van der Waals surface area contributed by atoms with Crippen molar-refractivity contribution in [2.24, 2.45) is 0 Å². The second-order valence-corrected chi connectivity index (χ2v) is 5.49. The van der Waals surface area contributed by atoms with E-state index >= 15 is 0 Å². The zero-order valence-corrected chi connectivity index (χ0v) is 13.9. The SMILES string of the molecule is COCCCNc1ccc(NC(=O)c2ccccc2Br)nc1. The van der Waals surface area contributed by atoms with E-state index in [1.165, 1.54) is 0 Å². The summed E-state index contributed by atoms with van der Waals surface area (Å²) in [4.78, 5) is 16.4. The van der Waals surface area contributed by atoms with E-state index in [9.17, 15) is 4.79 Å². The molecule has 2 aromatic rings. The van der Waals surface area contributed by atoms with Crippen molar-refractivity contribution in [3.8, 4) is 0 Å². The Balaban J connectivity index is 1.91. The van der Waals surface area contributed by atoms with Crippen LogP contribution in [-0.2, 0) is 4.74 Å². The number of aromatic nitrogens is 1. The Bertz CT molecular complexity index is 617. The topological polar surface area (TPSA) is 63.2 Å². The summed E-state index contributed by atoms with van der Waals surface area (Å²) in [6, 6.07) is 10.9. The molecule has 22 heavy (non-hydrogen) atoms. The minimum Gasteiger partial charge on any atom is -0.385 e. The molecule has 0 aliphatic heterocycles. The van der Waals surface area contributed by atoms with Crippen LogP contribution in [0, 0.1) is 0 Å². The van der Waals surface area contributed by atoms with Crippen molar-refractivity contribution in [3.05, 3.63) is 52.6 Å². The van der Waals surface area contributed by atoms with Gasteiger partial charge in [-0.15, -0.1) is 0 Å². The number of carbonyl (C=O) groups excluding carboxylic acids is 1. The number of anilines is 2. The van der Waals surface area contributed by atoms with Gasteiger partial charge in [-0.2, -0.15) is 0 Å². The Labute approximate surface area is 138 Å². The molecule has 1 heterocycles. The van der Waals surface area contributed by atoms with Crippen molar-refractivity contribution in [3.63, 3.8) is 0 Å². The molecule has 0 saturated carbocycles. The van der Waals surface area contributed by atoms with E-state index in [4.69, 9.17) is 4.74 Å². The van der Waals surface area contributed by atoms with Crippen molar-refractivity contribution < 1.29 is 9.53 Å². The fourth-order valence-electron chi connectivity index (χ4n) is 1.85. The number of ether oxygens (including phenoxy) is 1. The van der Waals surface area contributed by atoms with Crippen LogP contribution in [0.5, 0.6) is 0 Å². The van der Waals surface area contributed by atoms with Crippen LogP contribution in [0.15, 0.2) is 47.1 Å². The first kappa shape index (κ1) is 16.5. The summed E-state index contributed by atoms with van der Waals surface area (Å²) >= 11 is 3.36. The molecule has 2 rings (SSSR count). The van der Waals surface area contributed by atoms with Crippen molar-refractivity contribution in [1.82, 2.24) is 4.98 Å². The van der Waals surface area contributed by atoms with Crippen LogP contribution in [-0.4, -0.2) is 31.2 Å². The molecular formula is C16H18BrN3O2. The van der Waals surface area contributed by atoms with Gasteiger partial charge >= 0.3 is 0 Å². The van der Waals surface area contributed by atoms with Gasteiger partial charge in [0.1, 0.15) is 5.82 Å². The van der Waals surface area contributed by atoms with Gasteiger partial charge in [-0.05, 0) is 46.6 Å². The van der Waals surface area contributed by atoms with Gasteiger partial charge in [-0.1, -0.05) is 12.1 Å². The summed E-state index contributed by atoms with van der Waals surface area (Å²) in [5.41, 5.74) is 1.49. The number of carbonyl (C=O) groups is 1. The van der Waals surface area contributed by atoms with Crippen LogP contribution in [0.2, 0.25) is 0 Å². The van der Waals surface area contributed by atoms with Crippen molar-refractivity contribution >= 4 is 33.3 Å². The molecule has 0 unspecified atom stereocenters. The van der Waals surface area contributed by atoms with E-state index in [0.29, 0.717) is 11.4 Å². The first-order chi connectivity index (χ1) is 10.7. The molecule has 0 fully saturated rings. The quantitative estimate of drug-likeness (QED) is 0.738. The van der Waals surface area contributed by atoms with Gasteiger partial charge in [-0.3, -0.25) is 4.79 Å². The summed E-state index contributed by atoms with van der Waals surface area (Å²) in [6.45, 7) is 1.54. The lowest BCUT2D eigenvalue weighted by molar-refractivity contribution is 0.102. The summed E-state index contributed by atoms with van der Waals surface area (Å²) in [5.74, 6) is 0.323. The smallest absolute Gasteiger partial charge is 0.257 e. The molecule has 6 heteroatoms. The molecule has 5 nitrogen and oxygen atoms in total. The standard InChI is InChI=1S/C16H18BrN3O2/c1-22-10-4-9-18-12-7-8-15(19-11-12)20-16(21)13-5-2-3-6-14(13)17/h2-3,5-8,11,18H,4,9-10H2,1H3,(H,19,20,21). The van der Waals surface area contributed by atoms with Crippen LogP contribution >= 0.6 is 15.9 Å². The monoisotopic (exact) mass is 363 g/mol. The highest BCUT2D eigenvalue weighted by Gasteiger charge is 2.09. The number of hydrogen-bond acceptors (Lipinski definition) is 4. The summed E-state index contributed by atoms with van der Waals surface area (Å²) in [5, 5.41) is 6.01. The van der Waals surface area contributed by atoms with Crippen molar-refractivity contribution in [2.75, 3.05) is 30.9 Å². The molecule has 0 saturated heterocycles. The van der Waals surface area contributed by atoms with Crippen LogP contribution < -0.4 is 10.6 Å². The van der Waals surface area contributed by atoms with E-state index in [1.807, 2.05) is 24.3 Å². The molecule has 0 aliphatic rings. The van der Waals surface area contributed by atoms with E-state index in [-0.39, 0.29) is 5.91 Å². The predicted molar refractivity (Wildman–Crippen MR) is 91.3 cm³/mol. The van der Waals surface area contributed by atoms with E-state index < -0.39 is 0 Å². The molecule has 0 spiro atoms. The van der Waals surface area contributed by atoms with E-state index in [1.54, 1.807) is 25.4 Å². The first-order valence-electron chi connectivity index (χ1n) is 6.95. The molecule has 1 aromatic carbocycles.